The largest absolute Gasteiger partial charge is 0.322 e. The minimum absolute atomic E-state index is 0.0412. The molecule has 1 aromatic rings. The van der Waals surface area contributed by atoms with Gasteiger partial charge in [-0.1, -0.05) is 0 Å². The van der Waals surface area contributed by atoms with Crippen LogP contribution in [0.15, 0.2) is 17.5 Å². The van der Waals surface area contributed by atoms with E-state index in [1.165, 1.54) is 32.5 Å². The molecule has 2 fully saturated rings. The molecule has 1 atom stereocenters. The van der Waals surface area contributed by atoms with Gasteiger partial charge in [0.2, 0.25) is 0 Å². The Morgan fingerprint density at radius 1 is 1.32 bits per heavy atom. The van der Waals surface area contributed by atoms with Gasteiger partial charge in [-0.2, -0.15) is 0 Å². The molecule has 5 nitrogen and oxygen atoms in total. The number of hydrogen-bond donors (Lipinski definition) is 1. The Balaban J connectivity index is 1.41. The van der Waals surface area contributed by atoms with Gasteiger partial charge in [0.1, 0.15) is 0 Å². The SMILES string of the molecule is CN1CCCC(CN2CCN(C(=O)Nc3cccs3)CC2)C1. The van der Waals surface area contributed by atoms with Crippen molar-refractivity contribution >= 4 is 22.4 Å². The number of likely N-dealkylation sites (tertiary alicyclic amines) is 1. The highest BCUT2D eigenvalue weighted by atomic mass is 32.1. The molecule has 0 saturated carbocycles. The summed E-state index contributed by atoms with van der Waals surface area (Å²) >= 11 is 1.57. The van der Waals surface area contributed by atoms with Gasteiger partial charge in [-0.25, -0.2) is 4.79 Å². The van der Waals surface area contributed by atoms with Crippen molar-refractivity contribution in [1.29, 1.82) is 0 Å². The zero-order chi connectivity index (χ0) is 15.4. The lowest BCUT2D eigenvalue weighted by Crippen LogP contribution is -2.51. The van der Waals surface area contributed by atoms with Crippen LogP contribution in [-0.2, 0) is 0 Å². The van der Waals surface area contributed by atoms with Crippen LogP contribution < -0.4 is 5.32 Å². The molecule has 6 heteroatoms. The molecule has 22 heavy (non-hydrogen) atoms. The normalized spacial score (nSPS) is 24.4. The van der Waals surface area contributed by atoms with Gasteiger partial charge in [0, 0.05) is 39.3 Å². The molecule has 1 aromatic heterocycles. The lowest BCUT2D eigenvalue weighted by molar-refractivity contribution is 0.109. The monoisotopic (exact) mass is 322 g/mol. The molecule has 1 N–H and O–H groups in total. The Kier molecular flexibility index (Phi) is 5.33. The summed E-state index contributed by atoms with van der Waals surface area (Å²) in [6.45, 7) is 7.31. The van der Waals surface area contributed by atoms with E-state index in [0.29, 0.717) is 0 Å². The molecular formula is C16H26N4OS. The fourth-order valence-electron chi connectivity index (χ4n) is 3.46. The van der Waals surface area contributed by atoms with Crippen molar-refractivity contribution in [3.05, 3.63) is 17.5 Å². The zero-order valence-corrected chi connectivity index (χ0v) is 14.1. The Morgan fingerprint density at radius 2 is 2.14 bits per heavy atom. The summed E-state index contributed by atoms with van der Waals surface area (Å²) in [6.07, 6.45) is 2.67. The molecule has 2 aliphatic rings. The molecule has 0 bridgehead atoms. The van der Waals surface area contributed by atoms with E-state index in [0.717, 1.165) is 37.1 Å². The lowest BCUT2D eigenvalue weighted by Gasteiger charge is -2.38. The van der Waals surface area contributed by atoms with Gasteiger partial charge in [0.25, 0.3) is 0 Å². The van der Waals surface area contributed by atoms with Crippen molar-refractivity contribution < 1.29 is 4.79 Å². The van der Waals surface area contributed by atoms with Gasteiger partial charge in [-0.15, -0.1) is 11.3 Å². The van der Waals surface area contributed by atoms with Crippen molar-refractivity contribution in [3.63, 3.8) is 0 Å². The van der Waals surface area contributed by atoms with Crippen molar-refractivity contribution in [2.45, 2.75) is 12.8 Å². The van der Waals surface area contributed by atoms with Gasteiger partial charge in [-0.3, -0.25) is 10.2 Å². The third kappa shape index (κ3) is 4.21. The van der Waals surface area contributed by atoms with E-state index in [1.807, 2.05) is 22.4 Å². The highest BCUT2D eigenvalue weighted by Gasteiger charge is 2.25. The maximum absolute atomic E-state index is 12.2. The molecule has 3 heterocycles. The first-order valence-corrected chi connectivity index (χ1v) is 9.09. The molecule has 0 radical (unpaired) electrons. The summed E-state index contributed by atoms with van der Waals surface area (Å²) in [5.74, 6) is 0.797. The smallest absolute Gasteiger partial charge is 0.322 e. The quantitative estimate of drug-likeness (QED) is 0.927. The predicted molar refractivity (Wildman–Crippen MR) is 91.6 cm³/mol. The van der Waals surface area contributed by atoms with Gasteiger partial charge < -0.3 is 9.80 Å². The van der Waals surface area contributed by atoms with E-state index in [9.17, 15) is 4.79 Å². The van der Waals surface area contributed by atoms with Gasteiger partial charge in [0.15, 0.2) is 0 Å². The van der Waals surface area contributed by atoms with E-state index in [-0.39, 0.29) is 6.03 Å². The van der Waals surface area contributed by atoms with Crippen LogP contribution in [0, 0.1) is 5.92 Å². The second-order valence-corrected chi connectivity index (χ2v) is 7.41. The summed E-state index contributed by atoms with van der Waals surface area (Å²) in [4.78, 5) is 19.1. The van der Waals surface area contributed by atoms with Crippen molar-refractivity contribution in [2.24, 2.45) is 5.92 Å². The van der Waals surface area contributed by atoms with Crippen LogP contribution in [0.1, 0.15) is 12.8 Å². The number of urea groups is 1. The number of hydrogen-bond acceptors (Lipinski definition) is 4. The number of carbonyl (C=O) groups is 1. The number of nitrogens with one attached hydrogen (secondary N) is 1. The topological polar surface area (TPSA) is 38.8 Å². The molecule has 0 spiro atoms. The number of nitrogens with zero attached hydrogens (tertiary/aromatic N) is 3. The number of anilines is 1. The molecule has 2 amide bonds. The Labute approximate surface area is 136 Å². The first kappa shape index (κ1) is 15.8. The second kappa shape index (κ2) is 7.44. The van der Waals surface area contributed by atoms with Crippen LogP contribution in [0.3, 0.4) is 0 Å². The minimum atomic E-state index is 0.0412. The molecule has 1 unspecified atom stereocenters. The Hall–Kier alpha value is -1.11. The third-order valence-corrected chi connectivity index (χ3v) is 5.43. The average molecular weight is 322 g/mol. The molecular weight excluding hydrogens is 296 g/mol. The first-order valence-electron chi connectivity index (χ1n) is 8.21. The maximum atomic E-state index is 12.2. The first-order chi connectivity index (χ1) is 10.7. The van der Waals surface area contributed by atoms with E-state index in [2.05, 4.69) is 22.2 Å². The fourth-order valence-corrected chi connectivity index (χ4v) is 4.06. The zero-order valence-electron chi connectivity index (χ0n) is 13.3. The molecule has 0 aromatic carbocycles. The number of piperazine rings is 1. The van der Waals surface area contributed by atoms with Crippen LogP contribution in [-0.4, -0.2) is 73.6 Å². The van der Waals surface area contributed by atoms with Gasteiger partial charge >= 0.3 is 6.03 Å². The predicted octanol–water partition coefficient (Wildman–Crippen LogP) is 2.24. The highest BCUT2D eigenvalue weighted by Crippen LogP contribution is 2.18. The minimum Gasteiger partial charge on any atom is -0.322 e. The number of rotatable bonds is 3. The van der Waals surface area contributed by atoms with E-state index in [1.54, 1.807) is 11.3 Å². The Morgan fingerprint density at radius 3 is 2.82 bits per heavy atom. The third-order valence-electron chi connectivity index (χ3n) is 4.65. The summed E-state index contributed by atoms with van der Waals surface area (Å²) in [6, 6.07) is 3.94. The molecule has 3 rings (SSSR count). The number of piperidine rings is 1. The summed E-state index contributed by atoms with van der Waals surface area (Å²) in [5, 5.41) is 5.88. The standard InChI is InChI=1S/C16H26N4OS/c1-18-6-2-4-14(12-18)13-19-7-9-20(10-8-19)16(21)17-15-5-3-11-22-15/h3,5,11,14H,2,4,6-10,12-13H2,1H3,(H,17,21). The molecule has 122 valence electrons. The van der Waals surface area contributed by atoms with Crippen LogP contribution in [0.4, 0.5) is 9.80 Å². The van der Waals surface area contributed by atoms with Crippen LogP contribution in [0.25, 0.3) is 0 Å². The number of carbonyl (C=O) groups excluding carboxylic acids is 1. The van der Waals surface area contributed by atoms with E-state index in [4.69, 9.17) is 0 Å². The number of amides is 2. The van der Waals surface area contributed by atoms with E-state index >= 15 is 0 Å². The van der Waals surface area contributed by atoms with Gasteiger partial charge in [-0.05, 0) is 49.9 Å². The lowest BCUT2D eigenvalue weighted by atomic mass is 9.97. The van der Waals surface area contributed by atoms with Gasteiger partial charge in [0.05, 0.1) is 5.00 Å². The molecule has 0 aliphatic carbocycles. The maximum Gasteiger partial charge on any atom is 0.322 e. The van der Waals surface area contributed by atoms with Crippen molar-refractivity contribution in [3.8, 4) is 0 Å². The van der Waals surface area contributed by atoms with E-state index < -0.39 is 0 Å². The number of thiophene rings is 1. The summed E-state index contributed by atoms with van der Waals surface area (Å²) < 4.78 is 0. The van der Waals surface area contributed by atoms with Crippen molar-refractivity contribution in [2.75, 3.05) is 58.2 Å². The summed E-state index contributed by atoms with van der Waals surface area (Å²) in [7, 11) is 2.22. The Bertz CT molecular complexity index is 471. The highest BCUT2D eigenvalue weighted by molar-refractivity contribution is 7.14. The van der Waals surface area contributed by atoms with Crippen LogP contribution >= 0.6 is 11.3 Å². The summed E-state index contributed by atoms with van der Waals surface area (Å²) in [5.41, 5.74) is 0. The fraction of sp³-hybridized carbons (Fsp3) is 0.688. The molecule has 2 aliphatic heterocycles. The second-order valence-electron chi connectivity index (χ2n) is 6.47. The van der Waals surface area contributed by atoms with Crippen molar-refractivity contribution in [1.82, 2.24) is 14.7 Å². The molecule has 2 saturated heterocycles. The van der Waals surface area contributed by atoms with Crippen LogP contribution in [0.5, 0.6) is 0 Å². The average Bonchev–Trinajstić information content (AvgIpc) is 3.01. The van der Waals surface area contributed by atoms with Crippen LogP contribution in [0.2, 0.25) is 0 Å².